The molecule has 0 bridgehead atoms. The Morgan fingerprint density at radius 3 is 2.82 bits per heavy atom. The monoisotopic (exact) mass is 482 g/mol. The molecule has 3 aliphatic rings. The van der Waals surface area contributed by atoms with Gasteiger partial charge >= 0.3 is 0 Å². The minimum absolute atomic E-state index is 0.00426. The number of nitrogens with one attached hydrogen (secondary N) is 1. The number of nitrogens with zero attached hydrogens (tertiary/aromatic N) is 3. The van der Waals surface area contributed by atoms with Crippen molar-refractivity contribution in [2.45, 2.75) is 54.4 Å². The van der Waals surface area contributed by atoms with Crippen LogP contribution in [0.1, 0.15) is 37.4 Å². The number of hydrogen-bond donors (Lipinski definition) is 2. The summed E-state index contributed by atoms with van der Waals surface area (Å²) in [4.78, 5) is 35.0. The number of carbonyl (C=O) groups excluding carboxylic acids is 2. The fraction of sp³-hybridized carbons (Fsp3) is 0.480. The van der Waals surface area contributed by atoms with E-state index in [-0.39, 0.29) is 23.8 Å². The van der Waals surface area contributed by atoms with Crippen molar-refractivity contribution in [2.75, 3.05) is 32.1 Å². The first-order chi connectivity index (χ1) is 16.2. The summed E-state index contributed by atoms with van der Waals surface area (Å²) in [5, 5.41) is 12.6. The highest BCUT2D eigenvalue weighted by Crippen LogP contribution is 2.51. The second kappa shape index (κ2) is 8.46. The fourth-order valence-electron chi connectivity index (χ4n) is 5.25. The van der Waals surface area contributed by atoms with Crippen LogP contribution in [0, 0.1) is 0 Å². The van der Waals surface area contributed by atoms with Crippen molar-refractivity contribution in [3.05, 3.63) is 41.7 Å². The quantitative estimate of drug-likeness (QED) is 0.692. The van der Waals surface area contributed by atoms with Crippen LogP contribution in [-0.2, 0) is 16.0 Å². The fourth-order valence-corrected chi connectivity index (χ4v) is 6.58. The first kappa shape index (κ1) is 23.0. The maximum atomic E-state index is 13.2. The highest BCUT2D eigenvalue weighted by atomic mass is 32.2. The van der Waals surface area contributed by atoms with Crippen molar-refractivity contribution in [1.29, 1.82) is 0 Å². The Kier molecular flexibility index (Phi) is 5.72. The molecule has 0 saturated carbocycles. The van der Waals surface area contributed by atoms with E-state index in [1.807, 2.05) is 45.2 Å². The summed E-state index contributed by atoms with van der Waals surface area (Å²) in [6.45, 7) is 4.96. The van der Waals surface area contributed by atoms with E-state index >= 15 is 0 Å². The third-order valence-corrected chi connectivity index (χ3v) is 8.65. The van der Waals surface area contributed by atoms with E-state index in [1.165, 1.54) is 11.8 Å². The number of anilines is 1. The topological polar surface area (TPSA) is 95.0 Å². The lowest BCUT2D eigenvalue weighted by Crippen LogP contribution is -2.44. The number of amides is 2. The van der Waals surface area contributed by atoms with E-state index in [4.69, 9.17) is 4.74 Å². The molecule has 0 aliphatic carbocycles. The molecule has 4 heterocycles. The zero-order valence-electron chi connectivity index (χ0n) is 19.9. The first-order valence-electron chi connectivity index (χ1n) is 11.6. The van der Waals surface area contributed by atoms with Gasteiger partial charge in [0.25, 0.3) is 0 Å². The average Bonchev–Trinajstić information content (AvgIpc) is 3.48. The molecule has 0 radical (unpaired) electrons. The van der Waals surface area contributed by atoms with Crippen molar-refractivity contribution in [3.8, 4) is 11.5 Å². The van der Waals surface area contributed by atoms with Crippen LogP contribution in [0.15, 0.2) is 35.4 Å². The molecule has 2 amide bonds. The predicted octanol–water partition coefficient (Wildman–Crippen LogP) is 2.54. The van der Waals surface area contributed by atoms with Crippen LogP contribution in [0.5, 0.6) is 11.5 Å². The number of pyridine rings is 1. The number of carbonyl (C=O) groups is 2. The summed E-state index contributed by atoms with van der Waals surface area (Å²) >= 11 is 1.49. The summed E-state index contributed by atoms with van der Waals surface area (Å²) in [5.41, 5.74) is 2.82. The third kappa shape index (κ3) is 3.71. The van der Waals surface area contributed by atoms with Gasteiger partial charge in [-0.2, -0.15) is 0 Å². The molecule has 8 nitrogen and oxygen atoms in total. The number of likely N-dealkylation sites (N-methyl/N-ethyl adjacent to an activating group) is 2. The van der Waals surface area contributed by atoms with Crippen molar-refractivity contribution in [1.82, 2.24) is 15.2 Å². The summed E-state index contributed by atoms with van der Waals surface area (Å²) in [5.74, 6) is 1.16. The molecule has 180 valence electrons. The molecular weight excluding hydrogens is 452 g/mol. The Morgan fingerprint density at radius 2 is 2.12 bits per heavy atom. The van der Waals surface area contributed by atoms with Gasteiger partial charge in [0.05, 0.1) is 22.6 Å². The van der Waals surface area contributed by atoms with Crippen LogP contribution in [0.3, 0.4) is 0 Å². The van der Waals surface area contributed by atoms with Gasteiger partial charge in [-0.15, -0.1) is 11.8 Å². The Hall–Kier alpha value is -2.78. The molecule has 2 unspecified atom stereocenters. The summed E-state index contributed by atoms with van der Waals surface area (Å²) in [6, 6.07) is 7.70. The highest BCUT2D eigenvalue weighted by molar-refractivity contribution is 8.01. The van der Waals surface area contributed by atoms with Crippen molar-refractivity contribution >= 4 is 29.3 Å². The number of likely N-dealkylation sites (tertiary alicyclic amines) is 1. The number of aliphatic hydroxyl groups excluding tert-OH is 1. The first-order valence-corrected chi connectivity index (χ1v) is 12.4. The molecule has 1 saturated heterocycles. The minimum Gasteiger partial charge on any atom is -0.456 e. The maximum Gasteiger partial charge on any atom is 0.239 e. The molecule has 1 fully saturated rings. The van der Waals surface area contributed by atoms with Crippen LogP contribution in [0.4, 0.5) is 5.69 Å². The van der Waals surface area contributed by atoms with E-state index in [0.29, 0.717) is 37.4 Å². The number of ether oxygens (including phenoxy) is 1. The highest BCUT2D eigenvalue weighted by Gasteiger charge is 2.46. The van der Waals surface area contributed by atoms with Crippen LogP contribution >= 0.6 is 11.8 Å². The lowest BCUT2D eigenvalue weighted by Gasteiger charge is -2.27. The van der Waals surface area contributed by atoms with E-state index in [1.54, 1.807) is 18.1 Å². The Balaban J connectivity index is 1.39. The van der Waals surface area contributed by atoms with Crippen LogP contribution < -0.4 is 15.0 Å². The van der Waals surface area contributed by atoms with Crippen LogP contribution in [0.25, 0.3) is 0 Å². The van der Waals surface area contributed by atoms with Crippen LogP contribution in [0.2, 0.25) is 0 Å². The van der Waals surface area contributed by atoms with Crippen molar-refractivity contribution < 1.29 is 19.4 Å². The number of benzene rings is 1. The van der Waals surface area contributed by atoms with Gasteiger partial charge in [-0.25, -0.2) is 0 Å². The lowest BCUT2D eigenvalue weighted by molar-refractivity contribution is -0.132. The van der Waals surface area contributed by atoms with Crippen molar-refractivity contribution in [2.24, 2.45) is 0 Å². The van der Waals surface area contributed by atoms with Gasteiger partial charge in [-0.05, 0) is 31.9 Å². The molecular formula is C25H30N4O4S. The van der Waals surface area contributed by atoms with Crippen LogP contribution in [-0.4, -0.2) is 70.9 Å². The number of thioether (sulfide) groups is 1. The predicted molar refractivity (Wildman–Crippen MR) is 131 cm³/mol. The minimum atomic E-state index is -0.673. The zero-order valence-corrected chi connectivity index (χ0v) is 20.7. The van der Waals surface area contributed by atoms with E-state index < -0.39 is 10.9 Å². The molecule has 5 rings (SSSR count). The molecule has 1 aromatic carbocycles. The lowest BCUT2D eigenvalue weighted by atomic mass is 9.95. The van der Waals surface area contributed by atoms with Gasteiger partial charge < -0.3 is 25.0 Å². The Labute approximate surface area is 203 Å². The molecule has 1 aromatic heterocycles. The largest absolute Gasteiger partial charge is 0.456 e. The molecule has 34 heavy (non-hydrogen) atoms. The van der Waals surface area contributed by atoms with E-state index in [9.17, 15) is 14.7 Å². The zero-order chi connectivity index (χ0) is 24.2. The number of hydrogen-bond acceptors (Lipinski definition) is 7. The summed E-state index contributed by atoms with van der Waals surface area (Å²) in [6.07, 6.45) is 2.42. The molecule has 2 N–H and O–H groups in total. The number of aliphatic hydroxyl groups is 1. The Morgan fingerprint density at radius 1 is 1.32 bits per heavy atom. The second-order valence-corrected chi connectivity index (χ2v) is 11.1. The molecule has 0 spiro atoms. The smallest absolute Gasteiger partial charge is 0.239 e. The standard InChI is InChI=1S/C25H30N4O4S/c1-14-21(23(31)26-3)17-6-5-16(11-19(17)28(14)4)33-20-7-9-27-18-12-25(2,34-22(18)20)24(32)29-10-8-15(30)13-29/h5-7,9,11,14-15,21,30H,8,10,12-13H2,1-4H3,(H,26,31)/t14-,15-,21?,25?/m1/s1. The van der Waals surface area contributed by atoms with E-state index in [0.717, 1.165) is 21.8 Å². The average molecular weight is 483 g/mol. The normalized spacial score (nSPS) is 27.5. The molecule has 3 aliphatic heterocycles. The van der Waals surface area contributed by atoms with Gasteiger partial charge in [0.15, 0.2) is 0 Å². The van der Waals surface area contributed by atoms with Crippen molar-refractivity contribution in [3.63, 3.8) is 0 Å². The number of aromatic nitrogens is 1. The van der Waals surface area contributed by atoms with Gasteiger partial charge in [0.2, 0.25) is 11.8 Å². The van der Waals surface area contributed by atoms with Gasteiger partial charge in [-0.1, -0.05) is 6.07 Å². The molecule has 9 heteroatoms. The van der Waals surface area contributed by atoms with Gasteiger partial charge in [0.1, 0.15) is 16.2 Å². The van der Waals surface area contributed by atoms with Gasteiger partial charge in [-0.3, -0.25) is 14.6 Å². The molecule has 4 atom stereocenters. The summed E-state index contributed by atoms with van der Waals surface area (Å²) in [7, 11) is 3.65. The van der Waals surface area contributed by atoms with Gasteiger partial charge in [0, 0.05) is 63.7 Å². The molecule has 2 aromatic rings. The number of β-amino-alcohol motifs (C(OH)–C–C–N with tert-alkyl or cyclic N) is 1. The second-order valence-electron chi connectivity index (χ2n) is 9.55. The summed E-state index contributed by atoms with van der Waals surface area (Å²) < 4.78 is 5.64. The third-order valence-electron chi connectivity index (χ3n) is 7.24. The number of fused-ring (bicyclic) bond motifs is 2. The van der Waals surface area contributed by atoms with E-state index in [2.05, 4.69) is 15.2 Å². The number of rotatable bonds is 4. The SMILES string of the molecule is CNC(=O)C1c2ccc(Oc3ccnc4c3SC(C)(C(=O)N3CC[C@@H](O)C3)C4)cc2N(C)[C@@H]1C. The Bertz CT molecular complexity index is 1160. The maximum absolute atomic E-state index is 13.2.